The highest BCUT2D eigenvalue weighted by molar-refractivity contribution is 6.12. The maximum atomic E-state index is 12.5. The van der Waals surface area contributed by atoms with Crippen LogP contribution in [0.5, 0.6) is 5.88 Å². The van der Waals surface area contributed by atoms with Gasteiger partial charge in [0.25, 0.3) is 0 Å². The molecule has 0 aliphatic carbocycles. The van der Waals surface area contributed by atoms with Crippen molar-refractivity contribution in [1.82, 2.24) is 14.7 Å². The summed E-state index contributed by atoms with van der Waals surface area (Å²) in [6.07, 6.45) is 5.74. The third kappa shape index (κ3) is 12.8. The Bertz CT molecular complexity index is 1420. The first-order chi connectivity index (χ1) is 22.1. The van der Waals surface area contributed by atoms with Gasteiger partial charge >= 0.3 is 0 Å². The van der Waals surface area contributed by atoms with Crippen LogP contribution in [0, 0.1) is 24.0 Å². The molecule has 0 atom stereocenters. The third-order valence-corrected chi connectivity index (χ3v) is 6.81. The molecule has 3 aromatic rings. The van der Waals surface area contributed by atoms with Crippen molar-refractivity contribution in [2.45, 2.75) is 20.3 Å². The molecule has 0 bridgehead atoms. The largest absolute Gasteiger partial charge is 0.475 e. The van der Waals surface area contributed by atoms with E-state index in [0.29, 0.717) is 44.4 Å². The van der Waals surface area contributed by atoms with Crippen LogP contribution in [-0.2, 0) is 21.3 Å². The Balaban J connectivity index is 0.000000277. The van der Waals surface area contributed by atoms with Crippen molar-refractivity contribution < 1.29 is 27.8 Å². The van der Waals surface area contributed by atoms with Gasteiger partial charge in [-0.05, 0) is 48.9 Å². The number of amides is 1. The van der Waals surface area contributed by atoms with Crippen LogP contribution in [0.25, 0.3) is 5.57 Å². The molecule has 46 heavy (non-hydrogen) atoms. The first-order valence-electron chi connectivity index (χ1n) is 15.0. The Hall–Kier alpha value is -4.53. The van der Waals surface area contributed by atoms with E-state index < -0.39 is 0 Å². The first kappa shape index (κ1) is 37.7. The summed E-state index contributed by atoms with van der Waals surface area (Å²) in [5.41, 5.74) is 3.25. The fourth-order valence-electron chi connectivity index (χ4n) is 4.20. The van der Waals surface area contributed by atoms with Crippen LogP contribution < -0.4 is 9.64 Å². The van der Waals surface area contributed by atoms with Crippen LogP contribution in [0.15, 0.2) is 66.2 Å². The summed E-state index contributed by atoms with van der Waals surface area (Å²) < 4.78 is 42.5. The van der Waals surface area contributed by atoms with Crippen LogP contribution in [-0.4, -0.2) is 93.1 Å². The van der Waals surface area contributed by atoms with E-state index in [1.165, 1.54) is 24.3 Å². The average Bonchev–Trinajstić information content (AvgIpc) is 3.44. The number of carbonyl (C=O) groups is 1. The number of aryl methyl sites for hydroxylation is 1. The molecule has 9 nitrogen and oxygen atoms in total. The number of carbonyl (C=O) groups excluding carboxylic acids is 1. The Kier molecular flexibility index (Phi) is 16.8. The number of halogens is 2. The fourth-order valence-corrected chi connectivity index (χ4v) is 4.20. The Morgan fingerprint density at radius 3 is 2.04 bits per heavy atom. The highest BCUT2D eigenvalue weighted by atomic mass is 19.1. The van der Waals surface area contributed by atoms with E-state index in [1.54, 1.807) is 43.1 Å². The monoisotopic (exact) mass is 637 g/mol. The number of methoxy groups -OCH3 is 1. The molecular weight excluding hydrogens is 592 g/mol. The molecule has 0 N–H and O–H groups in total. The average molecular weight is 638 g/mol. The minimum absolute atomic E-state index is 0.204. The lowest BCUT2D eigenvalue weighted by Crippen LogP contribution is -2.48. The van der Waals surface area contributed by atoms with Crippen LogP contribution in [0.1, 0.15) is 31.4 Å². The van der Waals surface area contributed by atoms with E-state index >= 15 is 0 Å². The van der Waals surface area contributed by atoms with Gasteiger partial charge in [-0.15, -0.1) is 6.42 Å². The van der Waals surface area contributed by atoms with Gasteiger partial charge in [0.1, 0.15) is 24.0 Å². The number of terminal acetylenes is 1. The summed E-state index contributed by atoms with van der Waals surface area (Å²) in [7, 11) is 5.12. The first-order valence-corrected chi connectivity index (χ1v) is 15.0. The zero-order valence-electron chi connectivity index (χ0n) is 27.5. The maximum absolute atomic E-state index is 12.5. The number of nitrogens with zero attached hydrogens (tertiary/aromatic N) is 5. The van der Waals surface area contributed by atoms with Gasteiger partial charge in [-0.1, -0.05) is 37.1 Å². The number of hydrogen-bond donors (Lipinski definition) is 0. The van der Waals surface area contributed by atoms with E-state index in [4.69, 9.17) is 20.6 Å². The van der Waals surface area contributed by atoms with Gasteiger partial charge in [0.05, 0.1) is 19.8 Å². The molecule has 1 amide bonds. The number of rotatable bonds is 11. The highest BCUT2D eigenvalue weighted by Crippen LogP contribution is 2.21. The quantitative estimate of drug-likeness (QED) is 0.162. The smallest absolute Gasteiger partial charge is 0.222 e. The fraction of sp³-hybridized carbons (Fsp3) is 0.400. The third-order valence-electron chi connectivity index (χ3n) is 6.81. The number of piperazine rings is 1. The van der Waals surface area contributed by atoms with E-state index in [0.717, 1.165) is 48.7 Å². The SMILES string of the molecule is C#CC(=NC)c1ccc(F)cc1.C=C(C)c1ccc(F)cc1.CCC(=O)N1CCN(c2cc(OCCOCCOC)n(C)n2)CC1. The second kappa shape index (κ2) is 20.5. The molecule has 2 aromatic carbocycles. The molecule has 1 aromatic heterocycles. The molecule has 0 radical (unpaired) electrons. The van der Waals surface area contributed by atoms with Gasteiger partial charge in [0, 0.05) is 65.4 Å². The molecule has 248 valence electrons. The summed E-state index contributed by atoms with van der Waals surface area (Å²) in [5.74, 6) is 3.76. The number of ether oxygens (including phenoxy) is 3. The molecule has 2 heterocycles. The van der Waals surface area contributed by atoms with Crippen molar-refractivity contribution in [2.75, 3.05) is 71.7 Å². The second-order valence-electron chi connectivity index (χ2n) is 10.2. The number of aliphatic imine (C=N–C) groups is 1. The molecule has 0 unspecified atom stereocenters. The zero-order chi connectivity index (χ0) is 33.9. The highest BCUT2D eigenvalue weighted by Gasteiger charge is 2.22. The molecular formula is C35H45F2N5O4. The minimum Gasteiger partial charge on any atom is -0.475 e. The lowest BCUT2D eigenvalue weighted by molar-refractivity contribution is -0.131. The predicted molar refractivity (Wildman–Crippen MR) is 179 cm³/mol. The van der Waals surface area contributed by atoms with Crippen LogP contribution in [0.2, 0.25) is 0 Å². The Morgan fingerprint density at radius 1 is 0.978 bits per heavy atom. The van der Waals surface area contributed by atoms with Crippen molar-refractivity contribution in [1.29, 1.82) is 0 Å². The molecule has 4 rings (SSSR count). The lowest BCUT2D eigenvalue weighted by Gasteiger charge is -2.34. The number of hydrogen-bond acceptors (Lipinski definition) is 7. The van der Waals surface area contributed by atoms with Gasteiger partial charge in [-0.2, -0.15) is 5.10 Å². The predicted octanol–water partition coefficient (Wildman–Crippen LogP) is 5.26. The van der Waals surface area contributed by atoms with E-state index in [1.807, 2.05) is 31.9 Å². The molecule has 1 saturated heterocycles. The molecule has 0 spiro atoms. The molecule has 1 fully saturated rings. The minimum atomic E-state index is -0.272. The molecule has 11 heteroatoms. The molecule has 1 aliphatic heterocycles. The number of aromatic nitrogens is 2. The Labute approximate surface area is 271 Å². The number of benzene rings is 2. The van der Waals surface area contributed by atoms with Crippen molar-refractivity contribution in [3.63, 3.8) is 0 Å². The topological polar surface area (TPSA) is 81.4 Å². The summed E-state index contributed by atoms with van der Waals surface area (Å²) in [6, 6.07) is 14.2. The van der Waals surface area contributed by atoms with Crippen molar-refractivity contribution in [3.8, 4) is 18.2 Å². The van der Waals surface area contributed by atoms with Crippen molar-refractivity contribution >= 4 is 23.0 Å². The van der Waals surface area contributed by atoms with Gasteiger partial charge in [-0.25, -0.2) is 13.5 Å². The molecule has 0 saturated carbocycles. The number of allylic oxidation sites excluding steroid dienone is 1. The molecule has 1 aliphatic rings. The van der Waals surface area contributed by atoms with Crippen LogP contribution >= 0.6 is 0 Å². The van der Waals surface area contributed by atoms with Crippen LogP contribution in [0.4, 0.5) is 14.6 Å². The summed E-state index contributed by atoms with van der Waals surface area (Å²) in [5, 5.41) is 4.51. The summed E-state index contributed by atoms with van der Waals surface area (Å²) >= 11 is 0. The zero-order valence-corrected chi connectivity index (χ0v) is 27.5. The van der Waals surface area contributed by atoms with E-state index in [2.05, 4.69) is 27.5 Å². The van der Waals surface area contributed by atoms with E-state index in [-0.39, 0.29) is 17.5 Å². The Morgan fingerprint density at radius 2 is 1.54 bits per heavy atom. The van der Waals surface area contributed by atoms with Gasteiger partial charge in [0.2, 0.25) is 11.8 Å². The summed E-state index contributed by atoms with van der Waals surface area (Å²) in [4.78, 5) is 19.7. The normalized spacial score (nSPS) is 12.7. The lowest BCUT2D eigenvalue weighted by atomic mass is 10.1. The standard InChI is InChI=1S/C16H28N4O4.C10H8FN.C9H9F/c1-4-15(21)20-7-5-19(6-8-20)14-13-16(18(2)17-14)24-12-11-23-10-9-22-3;1-3-10(12-2)8-4-6-9(11)7-5-8;1-7(2)8-3-5-9(10)6-4-8/h13H,4-12H2,1-3H3;1,4-7H,2H3;3-6H,1H2,2H3. The van der Waals surface area contributed by atoms with Crippen molar-refractivity contribution in [3.05, 3.63) is 83.9 Å². The van der Waals surface area contributed by atoms with E-state index in [9.17, 15) is 13.6 Å². The maximum Gasteiger partial charge on any atom is 0.222 e. The van der Waals surface area contributed by atoms with Gasteiger partial charge < -0.3 is 24.0 Å². The van der Waals surface area contributed by atoms with Crippen LogP contribution in [0.3, 0.4) is 0 Å². The number of anilines is 1. The summed E-state index contributed by atoms with van der Waals surface area (Å²) in [6.45, 7) is 12.7. The second-order valence-corrected chi connectivity index (χ2v) is 10.2. The van der Waals surface area contributed by atoms with Gasteiger partial charge in [0.15, 0.2) is 5.82 Å². The van der Waals surface area contributed by atoms with Gasteiger partial charge in [-0.3, -0.25) is 9.79 Å². The van der Waals surface area contributed by atoms with Crippen molar-refractivity contribution in [2.24, 2.45) is 12.0 Å².